The third-order valence-corrected chi connectivity index (χ3v) is 1.33. The zero-order valence-electron chi connectivity index (χ0n) is 6.32. The molecule has 0 aromatic carbocycles. The zero-order valence-corrected chi connectivity index (χ0v) is 6.32. The highest BCUT2D eigenvalue weighted by molar-refractivity contribution is 5.67. The van der Waals surface area contributed by atoms with Crippen LogP contribution in [0.3, 0.4) is 0 Å². The molecule has 0 aromatic heterocycles. The summed E-state index contributed by atoms with van der Waals surface area (Å²) in [6.45, 7) is 1.64. The number of hydrogen-bond donors (Lipinski definition) is 3. The van der Waals surface area contributed by atoms with E-state index in [1.807, 2.05) is 0 Å². The highest BCUT2D eigenvalue weighted by Gasteiger charge is 2.06. The quantitative estimate of drug-likeness (QED) is 0.403. The molecule has 4 nitrogen and oxygen atoms in total. The minimum Gasteiger partial charge on any atom is -0.481 e. The van der Waals surface area contributed by atoms with Crippen LogP contribution < -0.4 is 0 Å². The molecule has 0 amide bonds. The van der Waals surface area contributed by atoms with E-state index in [1.165, 1.54) is 6.08 Å². The topological polar surface area (TPSA) is 77.8 Å². The second-order valence-electron chi connectivity index (χ2n) is 2.13. The number of carboxylic acids is 1. The standard InChI is InChI=1S/C7H12O4/c1-2-5(7(10)11)3-4-6(8)9/h2,7,10-11H,3-4H2,1H3,(H,8,9). The molecule has 0 aliphatic heterocycles. The van der Waals surface area contributed by atoms with Crippen LogP contribution in [0.2, 0.25) is 0 Å². The van der Waals surface area contributed by atoms with Crippen LogP contribution >= 0.6 is 0 Å². The largest absolute Gasteiger partial charge is 0.481 e. The van der Waals surface area contributed by atoms with Crippen LogP contribution in [0.25, 0.3) is 0 Å². The lowest BCUT2D eigenvalue weighted by atomic mass is 10.1. The highest BCUT2D eigenvalue weighted by Crippen LogP contribution is 2.07. The van der Waals surface area contributed by atoms with Crippen molar-refractivity contribution in [3.63, 3.8) is 0 Å². The van der Waals surface area contributed by atoms with Crippen molar-refractivity contribution >= 4 is 5.97 Å². The first-order valence-electron chi connectivity index (χ1n) is 3.31. The monoisotopic (exact) mass is 160 g/mol. The van der Waals surface area contributed by atoms with Gasteiger partial charge >= 0.3 is 5.97 Å². The fourth-order valence-corrected chi connectivity index (χ4v) is 0.674. The van der Waals surface area contributed by atoms with E-state index in [-0.39, 0.29) is 12.8 Å². The lowest BCUT2D eigenvalue weighted by Crippen LogP contribution is -2.09. The summed E-state index contributed by atoms with van der Waals surface area (Å²) in [5, 5.41) is 25.5. The third kappa shape index (κ3) is 4.52. The summed E-state index contributed by atoms with van der Waals surface area (Å²) >= 11 is 0. The maximum atomic E-state index is 10.1. The molecular formula is C7H12O4. The SMILES string of the molecule is CC=C(CCC(=O)O)C(O)O. The van der Waals surface area contributed by atoms with Gasteiger partial charge < -0.3 is 15.3 Å². The van der Waals surface area contributed by atoms with Crippen LogP contribution in [0, 0.1) is 0 Å². The van der Waals surface area contributed by atoms with Gasteiger partial charge in [-0.3, -0.25) is 4.79 Å². The van der Waals surface area contributed by atoms with Crippen molar-refractivity contribution in [1.29, 1.82) is 0 Å². The Balaban J connectivity index is 3.81. The predicted molar refractivity (Wildman–Crippen MR) is 38.9 cm³/mol. The van der Waals surface area contributed by atoms with Crippen molar-refractivity contribution in [2.75, 3.05) is 0 Å². The number of hydrogen-bond acceptors (Lipinski definition) is 3. The molecule has 3 N–H and O–H groups in total. The average Bonchev–Trinajstić information content (AvgIpc) is 1.87. The Morgan fingerprint density at radius 1 is 1.45 bits per heavy atom. The molecule has 0 radical (unpaired) electrons. The predicted octanol–water partition coefficient (Wildman–Crippen LogP) is 0.108. The molecule has 0 saturated heterocycles. The van der Waals surface area contributed by atoms with Gasteiger partial charge in [-0.1, -0.05) is 6.08 Å². The van der Waals surface area contributed by atoms with Crippen LogP contribution in [0.1, 0.15) is 19.8 Å². The maximum absolute atomic E-state index is 10.1. The number of allylic oxidation sites excluding steroid dienone is 1. The van der Waals surface area contributed by atoms with E-state index in [9.17, 15) is 4.79 Å². The number of carbonyl (C=O) groups is 1. The molecule has 0 spiro atoms. The number of aliphatic hydroxyl groups excluding tert-OH is 1. The summed E-state index contributed by atoms with van der Waals surface area (Å²) in [6.07, 6.45) is 0.0911. The zero-order chi connectivity index (χ0) is 8.85. The van der Waals surface area contributed by atoms with Gasteiger partial charge in [0.2, 0.25) is 0 Å². The molecule has 0 unspecified atom stereocenters. The van der Waals surface area contributed by atoms with Gasteiger partial charge in [-0.15, -0.1) is 0 Å². The van der Waals surface area contributed by atoms with Gasteiger partial charge in [0.05, 0.1) is 0 Å². The van der Waals surface area contributed by atoms with Crippen LogP contribution in [-0.2, 0) is 4.79 Å². The molecule has 0 fully saturated rings. The Hall–Kier alpha value is -0.870. The lowest BCUT2D eigenvalue weighted by Gasteiger charge is -2.06. The van der Waals surface area contributed by atoms with E-state index in [2.05, 4.69) is 0 Å². The third-order valence-electron chi connectivity index (χ3n) is 1.33. The van der Waals surface area contributed by atoms with Crippen molar-refractivity contribution < 1.29 is 20.1 Å². The highest BCUT2D eigenvalue weighted by atomic mass is 16.5. The minimum atomic E-state index is -1.53. The van der Waals surface area contributed by atoms with E-state index in [4.69, 9.17) is 15.3 Å². The Morgan fingerprint density at radius 2 is 2.00 bits per heavy atom. The molecule has 4 heteroatoms. The van der Waals surface area contributed by atoms with Crippen molar-refractivity contribution in [1.82, 2.24) is 0 Å². The van der Waals surface area contributed by atoms with Gasteiger partial charge in [-0.25, -0.2) is 0 Å². The molecule has 0 saturated carbocycles. The summed E-state index contributed by atoms with van der Waals surface area (Å²) in [4.78, 5) is 10.1. The molecular weight excluding hydrogens is 148 g/mol. The van der Waals surface area contributed by atoms with E-state index >= 15 is 0 Å². The molecule has 0 aliphatic carbocycles. The number of aliphatic hydroxyl groups is 2. The Kier molecular flexibility index (Phi) is 4.49. The molecule has 64 valence electrons. The van der Waals surface area contributed by atoms with Crippen LogP contribution in [-0.4, -0.2) is 27.6 Å². The van der Waals surface area contributed by atoms with Crippen molar-refractivity contribution in [2.24, 2.45) is 0 Å². The molecule has 0 bridgehead atoms. The van der Waals surface area contributed by atoms with Crippen molar-refractivity contribution in [3.8, 4) is 0 Å². The van der Waals surface area contributed by atoms with Gasteiger partial charge in [-0.2, -0.15) is 0 Å². The van der Waals surface area contributed by atoms with Gasteiger partial charge in [-0.05, 0) is 18.9 Å². The number of carboxylic acid groups (broad SMARTS) is 1. The molecule has 0 aliphatic rings. The summed E-state index contributed by atoms with van der Waals surface area (Å²) in [6, 6.07) is 0. The Labute approximate surface area is 64.8 Å². The minimum absolute atomic E-state index is 0.0721. The van der Waals surface area contributed by atoms with Gasteiger partial charge in [0.25, 0.3) is 0 Å². The molecule has 0 rings (SSSR count). The first-order valence-corrected chi connectivity index (χ1v) is 3.31. The van der Waals surface area contributed by atoms with E-state index < -0.39 is 12.3 Å². The lowest BCUT2D eigenvalue weighted by molar-refractivity contribution is -0.137. The van der Waals surface area contributed by atoms with Crippen LogP contribution in [0.15, 0.2) is 11.6 Å². The molecule has 11 heavy (non-hydrogen) atoms. The van der Waals surface area contributed by atoms with Crippen molar-refractivity contribution in [3.05, 3.63) is 11.6 Å². The van der Waals surface area contributed by atoms with E-state index in [1.54, 1.807) is 6.92 Å². The molecule has 0 aromatic rings. The molecule has 0 atom stereocenters. The van der Waals surface area contributed by atoms with Crippen LogP contribution in [0.5, 0.6) is 0 Å². The first-order chi connectivity index (χ1) is 5.07. The number of aliphatic carboxylic acids is 1. The van der Waals surface area contributed by atoms with Gasteiger partial charge in [0.15, 0.2) is 6.29 Å². The van der Waals surface area contributed by atoms with Gasteiger partial charge in [0.1, 0.15) is 0 Å². The maximum Gasteiger partial charge on any atom is 0.303 e. The van der Waals surface area contributed by atoms with Crippen LogP contribution in [0.4, 0.5) is 0 Å². The van der Waals surface area contributed by atoms with Crippen molar-refractivity contribution in [2.45, 2.75) is 26.1 Å². The second kappa shape index (κ2) is 4.87. The molecule has 0 heterocycles. The fourth-order valence-electron chi connectivity index (χ4n) is 0.674. The van der Waals surface area contributed by atoms with E-state index in [0.29, 0.717) is 5.57 Å². The normalized spacial score (nSPS) is 12.2. The summed E-state index contributed by atoms with van der Waals surface area (Å²) in [7, 11) is 0. The Morgan fingerprint density at radius 3 is 2.27 bits per heavy atom. The first kappa shape index (κ1) is 10.1. The summed E-state index contributed by atoms with van der Waals surface area (Å²) < 4.78 is 0. The second-order valence-corrected chi connectivity index (χ2v) is 2.13. The Bertz CT molecular complexity index is 160. The summed E-state index contributed by atoms with van der Waals surface area (Å²) in [5.74, 6) is -0.940. The number of rotatable bonds is 4. The smallest absolute Gasteiger partial charge is 0.303 e. The van der Waals surface area contributed by atoms with Gasteiger partial charge in [0, 0.05) is 6.42 Å². The average molecular weight is 160 g/mol. The fraction of sp³-hybridized carbons (Fsp3) is 0.571. The van der Waals surface area contributed by atoms with E-state index in [0.717, 1.165) is 0 Å². The summed E-state index contributed by atoms with van der Waals surface area (Å²) in [5.41, 5.74) is 0.340.